The summed E-state index contributed by atoms with van der Waals surface area (Å²) in [5.41, 5.74) is 3.02. The van der Waals surface area contributed by atoms with E-state index in [1.165, 1.54) is 0 Å². The van der Waals surface area contributed by atoms with Gasteiger partial charge in [-0.05, 0) is 45.0 Å². The van der Waals surface area contributed by atoms with E-state index in [4.69, 9.17) is 14.5 Å². The molecule has 3 aromatic carbocycles. The zero-order chi connectivity index (χ0) is 26.2. The van der Waals surface area contributed by atoms with Crippen molar-refractivity contribution in [3.8, 4) is 17.5 Å². The van der Waals surface area contributed by atoms with E-state index in [2.05, 4.69) is 29.7 Å². The second kappa shape index (κ2) is 9.78. The Hall–Kier alpha value is -4.05. The number of benzene rings is 3. The number of hydrogen-bond donors (Lipinski definition) is 0. The summed E-state index contributed by atoms with van der Waals surface area (Å²) in [6.45, 7) is 8.96. The number of ether oxygens (including phenoxy) is 2. The predicted octanol–water partition coefficient (Wildman–Crippen LogP) is 6.39. The minimum atomic E-state index is -0.500. The van der Waals surface area contributed by atoms with Crippen LogP contribution in [0.1, 0.15) is 51.9 Å². The van der Waals surface area contributed by atoms with Crippen LogP contribution in [-0.4, -0.2) is 45.3 Å². The van der Waals surface area contributed by atoms with E-state index in [-0.39, 0.29) is 12.2 Å². The van der Waals surface area contributed by atoms with Crippen LogP contribution in [0, 0.1) is 11.3 Å². The van der Waals surface area contributed by atoms with Gasteiger partial charge in [-0.1, -0.05) is 31.2 Å². The fraction of sp³-hybridized carbons (Fsp3) is 0.367. The van der Waals surface area contributed by atoms with Crippen LogP contribution in [0.25, 0.3) is 27.5 Å². The van der Waals surface area contributed by atoms with E-state index in [0.29, 0.717) is 18.7 Å². The number of aryl methyl sites for hydroxylation is 1. The molecule has 0 unspecified atom stereocenters. The Morgan fingerprint density at radius 3 is 2.49 bits per heavy atom. The van der Waals surface area contributed by atoms with Gasteiger partial charge in [-0.15, -0.1) is 0 Å². The molecule has 0 atom stereocenters. The van der Waals surface area contributed by atoms with Gasteiger partial charge in [-0.3, -0.25) is 4.57 Å². The highest BCUT2D eigenvalue weighted by Crippen LogP contribution is 2.32. The van der Waals surface area contributed by atoms with E-state index < -0.39 is 5.60 Å². The monoisotopic (exact) mass is 496 g/mol. The third kappa shape index (κ3) is 4.97. The zero-order valence-electron chi connectivity index (χ0n) is 21.8. The van der Waals surface area contributed by atoms with Crippen LogP contribution < -0.4 is 4.74 Å². The van der Waals surface area contributed by atoms with Crippen LogP contribution in [0.3, 0.4) is 0 Å². The van der Waals surface area contributed by atoms with Gasteiger partial charge in [0.05, 0.1) is 28.4 Å². The van der Waals surface area contributed by atoms with Crippen molar-refractivity contribution in [3.05, 3.63) is 66.0 Å². The van der Waals surface area contributed by atoms with E-state index in [0.717, 1.165) is 58.3 Å². The number of imidazole rings is 1. The lowest BCUT2D eigenvalue weighted by molar-refractivity contribution is 0.0127. The summed E-state index contributed by atoms with van der Waals surface area (Å²) >= 11 is 0. The van der Waals surface area contributed by atoms with Crippen LogP contribution in [0.4, 0.5) is 4.79 Å². The molecule has 0 N–H and O–H groups in total. The maximum atomic E-state index is 12.4. The molecule has 1 saturated heterocycles. The fourth-order valence-corrected chi connectivity index (χ4v) is 4.94. The first kappa shape index (κ1) is 24.6. The number of amides is 1. The van der Waals surface area contributed by atoms with Gasteiger partial charge in [-0.2, -0.15) is 5.26 Å². The third-order valence-electron chi connectivity index (χ3n) is 6.67. The number of rotatable bonds is 4. The Kier molecular flexibility index (Phi) is 6.51. The van der Waals surface area contributed by atoms with Gasteiger partial charge in [0.15, 0.2) is 0 Å². The van der Waals surface area contributed by atoms with Crippen molar-refractivity contribution in [1.82, 2.24) is 14.5 Å². The first-order chi connectivity index (χ1) is 17.8. The molecule has 5 rings (SSSR count). The molecule has 2 heterocycles. The summed E-state index contributed by atoms with van der Waals surface area (Å²) in [6, 6.07) is 20.2. The lowest BCUT2D eigenvalue weighted by Gasteiger charge is -2.33. The molecule has 0 radical (unpaired) electrons. The highest BCUT2D eigenvalue weighted by Gasteiger charge is 2.28. The maximum absolute atomic E-state index is 12.4. The third-order valence-corrected chi connectivity index (χ3v) is 6.67. The first-order valence-electron chi connectivity index (χ1n) is 12.9. The van der Waals surface area contributed by atoms with Crippen LogP contribution >= 0.6 is 0 Å². The van der Waals surface area contributed by atoms with Crippen molar-refractivity contribution in [1.29, 1.82) is 5.26 Å². The minimum Gasteiger partial charge on any atom is -0.490 e. The normalized spacial score (nSPS) is 14.6. The minimum absolute atomic E-state index is 0.0221. The maximum Gasteiger partial charge on any atom is 0.410 e. The van der Waals surface area contributed by atoms with Crippen molar-refractivity contribution < 1.29 is 14.3 Å². The summed E-state index contributed by atoms with van der Waals surface area (Å²) in [7, 11) is 0. The molecular formula is C30H32N4O3. The Bertz CT molecular complexity index is 1500. The number of fused-ring (bicyclic) bond motifs is 2. The molecule has 1 amide bonds. The highest BCUT2D eigenvalue weighted by molar-refractivity contribution is 5.96. The second-order valence-electron chi connectivity index (χ2n) is 10.4. The number of likely N-dealkylation sites (tertiary alicyclic amines) is 1. The Balaban J connectivity index is 1.43. The van der Waals surface area contributed by atoms with E-state index in [1.54, 1.807) is 4.90 Å². The van der Waals surface area contributed by atoms with Crippen molar-refractivity contribution in [3.63, 3.8) is 0 Å². The van der Waals surface area contributed by atoms with Gasteiger partial charge >= 0.3 is 6.09 Å². The molecule has 0 spiro atoms. The van der Waals surface area contributed by atoms with Gasteiger partial charge in [0.25, 0.3) is 0 Å². The molecule has 0 aliphatic carbocycles. The quantitative estimate of drug-likeness (QED) is 0.327. The highest BCUT2D eigenvalue weighted by atomic mass is 16.6. The van der Waals surface area contributed by atoms with Crippen LogP contribution in [0.15, 0.2) is 54.6 Å². The number of carbonyl (C=O) groups excluding carboxylic acids is 1. The molecule has 0 saturated carbocycles. The molecule has 4 aromatic rings. The summed E-state index contributed by atoms with van der Waals surface area (Å²) < 4.78 is 14.1. The van der Waals surface area contributed by atoms with E-state index in [1.807, 2.05) is 63.2 Å². The topological polar surface area (TPSA) is 80.4 Å². The Morgan fingerprint density at radius 2 is 1.81 bits per heavy atom. The van der Waals surface area contributed by atoms with Crippen LogP contribution in [0.2, 0.25) is 0 Å². The number of nitriles is 1. The molecule has 190 valence electrons. The average Bonchev–Trinajstić information content (AvgIpc) is 3.25. The summed E-state index contributed by atoms with van der Waals surface area (Å²) in [5, 5.41) is 11.5. The second-order valence-corrected chi connectivity index (χ2v) is 10.4. The number of carbonyl (C=O) groups is 1. The van der Waals surface area contributed by atoms with Gasteiger partial charge < -0.3 is 14.4 Å². The molecule has 0 bridgehead atoms. The molecule has 7 heteroatoms. The number of aromatic nitrogens is 2. The number of piperidine rings is 1. The van der Waals surface area contributed by atoms with Gasteiger partial charge in [-0.25, -0.2) is 9.78 Å². The zero-order valence-corrected chi connectivity index (χ0v) is 21.8. The van der Waals surface area contributed by atoms with Crippen molar-refractivity contribution in [2.24, 2.45) is 0 Å². The number of hydrogen-bond acceptors (Lipinski definition) is 5. The van der Waals surface area contributed by atoms with Gasteiger partial charge in [0, 0.05) is 49.2 Å². The first-order valence-corrected chi connectivity index (χ1v) is 12.9. The van der Waals surface area contributed by atoms with Gasteiger partial charge in [0.1, 0.15) is 23.3 Å². The van der Waals surface area contributed by atoms with Crippen LogP contribution in [0.5, 0.6) is 5.75 Å². The fourth-order valence-electron chi connectivity index (χ4n) is 4.94. The van der Waals surface area contributed by atoms with Crippen molar-refractivity contribution in [2.45, 2.75) is 58.7 Å². The lowest BCUT2D eigenvalue weighted by atomic mass is 10.0. The average molecular weight is 497 g/mol. The summed E-state index contributed by atoms with van der Waals surface area (Å²) in [4.78, 5) is 19.0. The number of nitrogens with zero attached hydrogens (tertiary/aromatic N) is 4. The van der Waals surface area contributed by atoms with E-state index in [9.17, 15) is 10.1 Å². The Labute approximate surface area is 217 Å². The standard InChI is InChI=1S/C30H32N4O3/c1-5-28-32-25-12-11-22(36-21-14-16-33(17-15-21)29(35)37-30(2,3)4)18-27(25)34(28)26-13-10-20(19-31)23-8-6-7-9-24(23)26/h6-13,18,21H,5,14-17H2,1-4H3. The van der Waals surface area contributed by atoms with Crippen molar-refractivity contribution >= 4 is 27.9 Å². The molecule has 1 aromatic heterocycles. The summed E-state index contributed by atoms with van der Waals surface area (Å²) in [6.07, 6.45) is 2.02. The summed E-state index contributed by atoms with van der Waals surface area (Å²) in [5.74, 6) is 1.73. The smallest absolute Gasteiger partial charge is 0.410 e. The molecule has 1 fully saturated rings. The molecule has 1 aliphatic rings. The SMILES string of the molecule is CCc1nc2ccc(OC3CCN(C(=O)OC(C)(C)C)CC3)cc2n1-c1ccc(C#N)c2ccccc12. The molecule has 1 aliphatic heterocycles. The largest absolute Gasteiger partial charge is 0.490 e. The molecular weight excluding hydrogens is 464 g/mol. The van der Waals surface area contributed by atoms with Gasteiger partial charge in [0.2, 0.25) is 0 Å². The lowest BCUT2D eigenvalue weighted by Crippen LogP contribution is -2.44. The predicted molar refractivity (Wildman–Crippen MR) is 144 cm³/mol. The van der Waals surface area contributed by atoms with Crippen molar-refractivity contribution in [2.75, 3.05) is 13.1 Å². The van der Waals surface area contributed by atoms with E-state index >= 15 is 0 Å². The Morgan fingerprint density at radius 1 is 1.08 bits per heavy atom. The van der Waals surface area contributed by atoms with Crippen LogP contribution in [-0.2, 0) is 11.2 Å². The molecule has 37 heavy (non-hydrogen) atoms. The molecule has 7 nitrogen and oxygen atoms in total.